The number of hydrogen-bond acceptors (Lipinski definition) is 1. The van der Waals surface area contributed by atoms with Gasteiger partial charge in [0, 0.05) is 18.0 Å². The Hall–Kier alpha value is -1.57. The highest BCUT2D eigenvalue weighted by molar-refractivity contribution is 5.26. The lowest BCUT2D eigenvalue weighted by Gasteiger charge is -2.07. The molecule has 2 nitrogen and oxygen atoms in total. The van der Waals surface area contributed by atoms with Crippen LogP contribution in [-0.2, 0) is 12.7 Å². The van der Waals surface area contributed by atoms with Crippen LogP contribution in [0.2, 0.25) is 0 Å². The Labute approximate surface area is 72.8 Å². The molecule has 0 aliphatic heterocycles. The second-order valence-corrected chi connectivity index (χ2v) is 2.35. The molecule has 0 fully saturated rings. The van der Waals surface area contributed by atoms with Gasteiger partial charge in [0.15, 0.2) is 0 Å². The van der Waals surface area contributed by atoms with Crippen molar-refractivity contribution < 1.29 is 13.2 Å². The van der Waals surface area contributed by atoms with Crippen molar-refractivity contribution in [1.29, 1.82) is 0 Å². The molecule has 0 radical (unpaired) electrons. The fraction of sp³-hybridized carbons (Fsp3) is 0.250. The summed E-state index contributed by atoms with van der Waals surface area (Å²) in [4.78, 5) is 6.27. The molecule has 1 rings (SSSR count). The van der Waals surface area contributed by atoms with Crippen molar-refractivity contribution in [2.75, 3.05) is 0 Å². The fourth-order valence-electron chi connectivity index (χ4n) is 0.902. The SMILES string of the molecule is [C-]#[N+]Cc1ccncc1C(F)(F)F. The zero-order chi connectivity index (χ0) is 9.90. The van der Waals surface area contributed by atoms with Crippen LogP contribution in [0, 0.1) is 6.57 Å². The first-order valence-electron chi connectivity index (χ1n) is 3.39. The molecule has 0 amide bonds. The molecule has 0 saturated carbocycles. The molecule has 1 aromatic heterocycles. The molecular weight excluding hydrogens is 181 g/mol. The first-order chi connectivity index (χ1) is 6.05. The van der Waals surface area contributed by atoms with Crippen molar-refractivity contribution in [3.8, 4) is 0 Å². The van der Waals surface area contributed by atoms with E-state index in [2.05, 4.69) is 9.83 Å². The average molecular weight is 186 g/mol. The molecule has 0 atom stereocenters. The van der Waals surface area contributed by atoms with E-state index in [1.165, 1.54) is 12.3 Å². The Morgan fingerprint density at radius 3 is 2.69 bits per heavy atom. The third kappa shape index (κ3) is 2.18. The number of halogens is 3. The van der Waals surface area contributed by atoms with Gasteiger partial charge in [-0.15, -0.1) is 0 Å². The molecule has 1 heterocycles. The van der Waals surface area contributed by atoms with Gasteiger partial charge in [-0.3, -0.25) is 4.98 Å². The minimum Gasteiger partial charge on any atom is -0.312 e. The smallest absolute Gasteiger partial charge is 0.312 e. The summed E-state index contributed by atoms with van der Waals surface area (Å²) in [5.41, 5.74) is -0.858. The van der Waals surface area contributed by atoms with E-state index < -0.39 is 11.7 Å². The molecule has 0 N–H and O–H groups in total. The molecule has 0 bridgehead atoms. The van der Waals surface area contributed by atoms with Crippen molar-refractivity contribution in [1.82, 2.24) is 4.98 Å². The zero-order valence-corrected chi connectivity index (χ0v) is 6.47. The molecular formula is C8H5F3N2. The van der Waals surface area contributed by atoms with E-state index in [4.69, 9.17) is 6.57 Å². The van der Waals surface area contributed by atoms with Gasteiger partial charge in [-0.2, -0.15) is 13.2 Å². The Balaban J connectivity index is 3.14. The predicted octanol–water partition coefficient (Wildman–Crippen LogP) is 2.52. The van der Waals surface area contributed by atoms with Crippen molar-refractivity contribution in [2.45, 2.75) is 12.7 Å². The lowest BCUT2D eigenvalue weighted by atomic mass is 10.1. The van der Waals surface area contributed by atoms with Crippen LogP contribution in [0.15, 0.2) is 18.5 Å². The van der Waals surface area contributed by atoms with Crippen molar-refractivity contribution in [3.05, 3.63) is 41.0 Å². The van der Waals surface area contributed by atoms with Gasteiger partial charge < -0.3 is 4.85 Å². The Kier molecular flexibility index (Phi) is 2.52. The summed E-state index contributed by atoms with van der Waals surface area (Å²) in [5.74, 6) is 0. The van der Waals surface area contributed by atoms with Crippen LogP contribution in [0.25, 0.3) is 4.85 Å². The van der Waals surface area contributed by atoms with Crippen LogP contribution in [-0.4, -0.2) is 4.98 Å². The van der Waals surface area contributed by atoms with E-state index in [9.17, 15) is 13.2 Å². The Morgan fingerprint density at radius 1 is 1.46 bits per heavy atom. The van der Waals surface area contributed by atoms with E-state index in [0.717, 1.165) is 6.20 Å². The standard InChI is InChI=1S/C8H5F3N2/c1-12-4-6-2-3-13-5-7(6)8(9,10)11/h2-3,5H,4H2. The summed E-state index contributed by atoms with van der Waals surface area (Å²) >= 11 is 0. The van der Waals surface area contributed by atoms with Crippen molar-refractivity contribution >= 4 is 0 Å². The third-order valence-corrected chi connectivity index (χ3v) is 1.47. The van der Waals surface area contributed by atoms with Gasteiger partial charge in [0.1, 0.15) is 0 Å². The number of aromatic nitrogens is 1. The highest BCUT2D eigenvalue weighted by Crippen LogP contribution is 2.31. The Bertz CT molecular complexity index is 338. The van der Waals surface area contributed by atoms with E-state index in [0.29, 0.717) is 0 Å². The highest BCUT2D eigenvalue weighted by atomic mass is 19.4. The van der Waals surface area contributed by atoms with E-state index in [-0.39, 0.29) is 12.1 Å². The van der Waals surface area contributed by atoms with Gasteiger partial charge >= 0.3 is 6.18 Å². The summed E-state index contributed by atoms with van der Waals surface area (Å²) < 4.78 is 36.7. The summed E-state index contributed by atoms with van der Waals surface area (Å²) in [6, 6.07) is 1.21. The highest BCUT2D eigenvalue weighted by Gasteiger charge is 2.34. The monoisotopic (exact) mass is 186 g/mol. The number of pyridine rings is 1. The Morgan fingerprint density at radius 2 is 2.15 bits per heavy atom. The lowest BCUT2D eigenvalue weighted by molar-refractivity contribution is -0.138. The fourth-order valence-corrected chi connectivity index (χ4v) is 0.902. The molecule has 1 aromatic rings. The van der Waals surface area contributed by atoms with E-state index in [1.54, 1.807) is 0 Å². The summed E-state index contributed by atoms with van der Waals surface area (Å²) in [6.45, 7) is 6.21. The maximum atomic E-state index is 12.2. The number of rotatable bonds is 1. The van der Waals surface area contributed by atoms with Crippen LogP contribution in [0.1, 0.15) is 11.1 Å². The van der Waals surface area contributed by atoms with Crippen LogP contribution in [0.4, 0.5) is 13.2 Å². The molecule has 0 aromatic carbocycles. The van der Waals surface area contributed by atoms with Gasteiger partial charge in [0.05, 0.1) is 5.56 Å². The first kappa shape index (κ1) is 9.52. The zero-order valence-electron chi connectivity index (χ0n) is 6.47. The molecule has 13 heavy (non-hydrogen) atoms. The molecule has 0 aliphatic rings. The maximum absolute atomic E-state index is 12.2. The minimum absolute atomic E-state index is 0.0301. The van der Waals surface area contributed by atoms with Crippen molar-refractivity contribution in [3.63, 3.8) is 0 Å². The average Bonchev–Trinajstić information content (AvgIpc) is 2.04. The van der Waals surface area contributed by atoms with Gasteiger partial charge in [-0.25, -0.2) is 6.57 Å². The maximum Gasteiger partial charge on any atom is 0.418 e. The minimum atomic E-state index is -4.42. The summed E-state index contributed by atoms with van der Waals surface area (Å²) in [5, 5.41) is 0. The van der Waals surface area contributed by atoms with Crippen molar-refractivity contribution in [2.24, 2.45) is 0 Å². The van der Waals surface area contributed by atoms with E-state index in [1.807, 2.05) is 0 Å². The second-order valence-electron chi connectivity index (χ2n) is 2.35. The second kappa shape index (κ2) is 3.44. The van der Waals surface area contributed by atoms with Gasteiger partial charge in [0.2, 0.25) is 6.54 Å². The van der Waals surface area contributed by atoms with Crippen LogP contribution in [0.5, 0.6) is 0 Å². The topological polar surface area (TPSA) is 17.2 Å². The molecule has 0 aliphatic carbocycles. The molecule has 0 unspecified atom stereocenters. The quantitative estimate of drug-likeness (QED) is 0.616. The van der Waals surface area contributed by atoms with E-state index >= 15 is 0 Å². The summed E-state index contributed by atoms with van der Waals surface area (Å²) in [6.07, 6.45) is -2.44. The first-order valence-corrected chi connectivity index (χ1v) is 3.39. The van der Waals surface area contributed by atoms with Crippen LogP contribution >= 0.6 is 0 Å². The largest absolute Gasteiger partial charge is 0.418 e. The van der Waals surface area contributed by atoms with Crippen LogP contribution in [0.3, 0.4) is 0 Å². The number of alkyl halides is 3. The molecule has 0 spiro atoms. The van der Waals surface area contributed by atoms with Gasteiger partial charge in [0.25, 0.3) is 0 Å². The molecule has 5 heteroatoms. The normalized spacial score (nSPS) is 10.9. The predicted molar refractivity (Wildman–Crippen MR) is 39.5 cm³/mol. The van der Waals surface area contributed by atoms with Gasteiger partial charge in [-0.05, 0) is 6.07 Å². The van der Waals surface area contributed by atoms with Crippen LogP contribution < -0.4 is 0 Å². The number of hydrogen-bond donors (Lipinski definition) is 0. The summed E-state index contributed by atoms with van der Waals surface area (Å²) in [7, 11) is 0. The third-order valence-electron chi connectivity index (χ3n) is 1.47. The lowest BCUT2D eigenvalue weighted by Crippen LogP contribution is -2.08. The number of nitrogens with zero attached hydrogens (tertiary/aromatic N) is 2. The molecule has 68 valence electrons. The molecule has 0 saturated heterocycles. The van der Waals surface area contributed by atoms with Gasteiger partial charge in [-0.1, -0.05) is 0 Å².